The lowest BCUT2D eigenvalue weighted by Crippen LogP contribution is -2.31. The first-order valence-corrected chi connectivity index (χ1v) is 7.34. The summed E-state index contributed by atoms with van der Waals surface area (Å²) in [7, 11) is -3.79. The molecule has 0 fully saturated rings. The van der Waals surface area contributed by atoms with Crippen LogP contribution in [0.5, 0.6) is 0 Å². The van der Waals surface area contributed by atoms with Gasteiger partial charge in [0.2, 0.25) is 10.0 Å². The van der Waals surface area contributed by atoms with Gasteiger partial charge in [0.15, 0.2) is 5.75 Å². The molecule has 0 aliphatic rings. The number of hydrogen-bond donors (Lipinski definition) is 2. The number of rotatable bonds is 6. The highest BCUT2D eigenvalue weighted by atomic mass is 35.5. The Morgan fingerprint density at radius 3 is 2.56 bits per heavy atom. The van der Waals surface area contributed by atoms with Crippen LogP contribution in [-0.2, 0) is 21.2 Å². The van der Waals surface area contributed by atoms with Gasteiger partial charge in [-0.3, -0.25) is 4.79 Å². The maximum atomic E-state index is 11.2. The van der Waals surface area contributed by atoms with Crippen LogP contribution in [0.1, 0.15) is 5.56 Å². The fraction of sp³-hybridized carbons (Fsp3) is 0.300. The van der Waals surface area contributed by atoms with Gasteiger partial charge in [-0.15, -0.1) is 0 Å². The lowest BCUT2D eigenvalue weighted by Gasteiger charge is -2.06. The van der Waals surface area contributed by atoms with Gasteiger partial charge in [-0.2, -0.15) is 0 Å². The second kappa shape index (κ2) is 6.38. The topological polar surface area (TPSA) is 83.5 Å². The van der Waals surface area contributed by atoms with E-state index in [9.17, 15) is 13.2 Å². The van der Waals surface area contributed by atoms with Crippen molar-refractivity contribution in [3.8, 4) is 0 Å². The third-order valence-electron chi connectivity index (χ3n) is 2.04. The summed E-state index contributed by atoms with van der Waals surface area (Å²) in [6.45, 7) is 0.0803. The van der Waals surface area contributed by atoms with Crippen molar-refractivity contribution in [2.24, 2.45) is 0 Å². The molecule has 0 bridgehead atoms. The van der Waals surface area contributed by atoms with Crippen LogP contribution in [0.2, 0.25) is 10.0 Å². The normalized spacial score (nSPS) is 11.4. The van der Waals surface area contributed by atoms with E-state index in [0.717, 1.165) is 5.56 Å². The fourth-order valence-corrected chi connectivity index (χ4v) is 2.62. The minimum Gasteiger partial charge on any atom is -0.480 e. The zero-order valence-corrected chi connectivity index (χ0v) is 11.5. The highest BCUT2D eigenvalue weighted by molar-refractivity contribution is 7.90. The molecule has 0 spiro atoms. The van der Waals surface area contributed by atoms with Gasteiger partial charge < -0.3 is 5.11 Å². The molecular weight excluding hydrogens is 301 g/mol. The third-order valence-corrected chi connectivity index (χ3v) is 3.90. The lowest BCUT2D eigenvalue weighted by molar-refractivity contribution is -0.134. The molecule has 1 rings (SSSR count). The molecule has 0 amide bonds. The Morgan fingerprint density at radius 1 is 1.33 bits per heavy atom. The minimum atomic E-state index is -3.79. The van der Waals surface area contributed by atoms with Crippen molar-refractivity contribution in [2.45, 2.75) is 6.42 Å². The molecule has 18 heavy (non-hydrogen) atoms. The smallest absolute Gasteiger partial charge is 0.320 e. The number of nitrogens with one attached hydrogen (secondary N) is 1. The van der Waals surface area contributed by atoms with Crippen LogP contribution in [-0.4, -0.2) is 31.8 Å². The van der Waals surface area contributed by atoms with Crippen LogP contribution in [0.4, 0.5) is 0 Å². The first-order valence-electron chi connectivity index (χ1n) is 4.93. The molecule has 0 heterocycles. The zero-order chi connectivity index (χ0) is 13.8. The first kappa shape index (κ1) is 15.2. The van der Waals surface area contributed by atoms with Crippen LogP contribution in [0.3, 0.4) is 0 Å². The second-order valence-electron chi connectivity index (χ2n) is 3.53. The summed E-state index contributed by atoms with van der Waals surface area (Å²) in [5, 5.41) is 9.33. The largest absolute Gasteiger partial charge is 0.480 e. The number of carboxylic acid groups (broad SMARTS) is 1. The Morgan fingerprint density at radius 2 is 2.00 bits per heavy atom. The predicted octanol–water partition coefficient (Wildman–Crippen LogP) is 1.54. The standard InChI is InChI=1S/C10H11Cl2NO4S/c11-8-2-1-7(9(12)5-8)3-4-13-18(16,17)6-10(14)15/h1-2,5,13H,3-4,6H2,(H,14,15). The van der Waals surface area contributed by atoms with E-state index in [0.29, 0.717) is 16.5 Å². The molecule has 0 aromatic heterocycles. The number of carbonyl (C=O) groups is 1. The molecule has 0 aliphatic heterocycles. The summed E-state index contributed by atoms with van der Waals surface area (Å²) < 4.78 is 24.6. The molecule has 0 saturated heterocycles. The van der Waals surface area contributed by atoms with E-state index in [4.69, 9.17) is 28.3 Å². The van der Waals surface area contributed by atoms with Crippen molar-refractivity contribution in [3.63, 3.8) is 0 Å². The quantitative estimate of drug-likeness (QED) is 0.834. The van der Waals surface area contributed by atoms with Crippen molar-refractivity contribution in [1.82, 2.24) is 4.72 Å². The first-order chi connectivity index (χ1) is 8.30. The molecule has 0 saturated carbocycles. The average Bonchev–Trinajstić information content (AvgIpc) is 2.19. The monoisotopic (exact) mass is 311 g/mol. The van der Waals surface area contributed by atoms with Crippen molar-refractivity contribution in [2.75, 3.05) is 12.3 Å². The van der Waals surface area contributed by atoms with Gasteiger partial charge in [0.05, 0.1) is 0 Å². The maximum Gasteiger partial charge on any atom is 0.320 e. The predicted molar refractivity (Wildman–Crippen MR) is 69.6 cm³/mol. The number of hydrogen-bond acceptors (Lipinski definition) is 3. The Kier molecular flexibility index (Phi) is 5.40. The number of carboxylic acids is 1. The molecular formula is C10H11Cl2NO4S. The SMILES string of the molecule is O=C(O)CS(=O)(=O)NCCc1ccc(Cl)cc1Cl. The van der Waals surface area contributed by atoms with Gasteiger partial charge in [-0.05, 0) is 24.1 Å². The average molecular weight is 312 g/mol. The van der Waals surface area contributed by atoms with E-state index in [2.05, 4.69) is 4.72 Å². The van der Waals surface area contributed by atoms with Gasteiger partial charge >= 0.3 is 5.97 Å². The number of sulfonamides is 1. The van der Waals surface area contributed by atoms with E-state index < -0.39 is 21.7 Å². The van der Waals surface area contributed by atoms with Gasteiger partial charge in [-0.25, -0.2) is 13.1 Å². The Hall–Kier alpha value is -0.820. The van der Waals surface area contributed by atoms with Crippen LogP contribution in [0.15, 0.2) is 18.2 Å². The molecule has 1 aromatic carbocycles. The fourth-order valence-electron chi connectivity index (χ4n) is 1.28. The summed E-state index contributed by atoms with van der Waals surface area (Å²) >= 11 is 11.6. The van der Waals surface area contributed by atoms with Crippen molar-refractivity contribution < 1.29 is 18.3 Å². The number of benzene rings is 1. The summed E-state index contributed by atoms with van der Waals surface area (Å²) in [5.41, 5.74) is 0.735. The summed E-state index contributed by atoms with van der Waals surface area (Å²) in [6, 6.07) is 4.90. The highest BCUT2D eigenvalue weighted by Gasteiger charge is 2.14. The Labute approximate surface area is 115 Å². The Balaban J connectivity index is 2.54. The molecule has 0 aliphatic carbocycles. The van der Waals surface area contributed by atoms with Crippen molar-refractivity contribution in [3.05, 3.63) is 33.8 Å². The molecule has 5 nitrogen and oxygen atoms in total. The maximum absolute atomic E-state index is 11.2. The van der Waals surface area contributed by atoms with Crippen LogP contribution >= 0.6 is 23.2 Å². The van der Waals surface area contributed by atoms with E-state index in [1.807, 2.05) is 0 Å². The second-order valence-corrected chi connectivity index (χ2v) is 6.18. The molecule has 0 unspecified atom stereocenters. The number of halogens is 2. The van der Waals surface area contributed by atoms with E-state index in [-0.39, 0.29) is 6.54 Å². The lowest BCUT2D eigenvalue weighted by atomic mass is 10.1. The summed E-state index contributed by atoms with van der Waals surface area (Å²) in [4.78, 5) is 10.3. The molecule has 100 valence electrons. The third kappa shape index (κ3) is 5.22. The minimum absolute atomic E-state index is 0.0803. The van der Waals surface area contributed by atoms with Crippen molar-refractivity contribution in [1.29, 1.82) is 0 Å². The molecule has 0 radical (unpaired) electrons. The highest BCUT2D eigenvalue weighted by Crippen LogP contribution is 2.21. The Bertz CT molecular complexity index is 545. The zero-order valence-electron chi connectivity index (χ0n) is 9.19. The van der Waals surface area contributed by atoms with Crippen LogP contribution in [0.25, 0.3) is 0 Å². The van der Waals surface area contributed by atoms with E-state index >= 15 is 0 Å². The van der Waals surface area contributed by atoms with Gasteiger partial charge in [0.1, 0.15) is 0 Å². The van der Waals surface area contributed by atoms with Crippen LogP contribution in [0, 0.1) is 0 Å². The van der Waals surface area contributed by atoms with E-state index in [1.165, 1.54) is 0 Å². The summed E-state index contributed by atoms with van der Waals surface area (Å²) in [6.07, 6.45) is 0.356. The molecule has 8 heteroatoms. The molecule has 1 aromatic rings. The van der Waals surface area contributed by atoms with Gasteiger partial charge in [0, 0.05) is 16.6 Å². The van der Waals surface area contributed by atoms with Crippen LogP contribution < -0.4 is 4.72 Å². The van der Waals surface area contributed by atoms with Gasteiger partial charge in [-0.1, -0.05) is 29.3 Å². The van der Waals surface area contributed by atoms with E-state index in [1.54, 1.807) is 18.2 Å². The van der Waals surface area contributed by atoms with Gasteiger partial charge in [0.25, 0.3) is 0 Å². The van der Waals surface area contributed by atoms with Crippen molar-refractivity contribution >= 4 is 39.2 Å². The molecule has 2 N–H and O–H groups in total. The summed E-state index contributed by atoms with van der Waals surface area (Å²) in [5.74, 6) is -2.34. The number of aliphatic carboxylic acids is 1. The molecule has 0 atom stereocenters.